The van der Waals surface area contributed by atoms with Crippen molar-refractivity contribution in [2.75, 3.05) is 5.75 Å². The molecule has 1 aromatic carbocycles. The van der Waals surface area contributed by atoms with Crippen molar-refractivity contribution in [2.24, 2.45) is 0 Å². The number of ketones is 2. The van der Waals surface area contributed by atoms with Crippen molar-refractivity contribution < 1.29 is 14.4 Å². The van der Waals surface area contributed by atoms with Crippen molar-refractivity contribution in [3.8, 4) is 0 Å². The molecule has 0 bridgehead atoms. The first-order valence-electron chi connectivity index (χ1n) is 10.9. The summed E-state index contributed by atoms with van der Waals surface area (Å²) in [4.78, 5) is 37.6. The topological polar surface area (TPSA) is 63.2 Å². The van der Waals surface area contributed by atoms with Crippen LogP contribution in [0.15, 0.2) is 34.9 Å². The Labute approximate surface area is 178 Å². The highest BCUT2D eigenvalue weighted by Crippen LogP contribution is 2.32. The van der Waals surface area contributed by atoms with E-state index in [9.17, 15) is 14.4 Å². The van der Waals surface area contributed by atoms with Gasteiger partial charge in [0.1, 0.15) is 5.70 Å². The van der Waals surface area contributed by atoms with Crippen LogP contribution in [0.2, 0.25) is 0 Å². The molecule has 0 aliphatic heterocycles. The van der Waals surface area contributed by atoms with Gasteiger partial charge in [0.2, 0.25) is 17.5 Å². The van der Waals surface area contributed by atoms with Gasteiger partial charge in [-0.15, -0.1) is 11.8 Å². The first-order valence-corrected chi connectivity index (χ1v) is 11.9. The molecular weight excluding hydrogens is 382 g/mol. The van der Waals surface area contributed by atoms with Crippen LogP contribution in [0.25, 0.3) is 0 Å². The zero-order chi connectivity index (χ0) is 21.1. The fraction of sp³-hybridized carbons (Fsp3) is 0.542. The van der Waals surface area contributed by atoms with E-state index in [2.05, 4.69) is 12.2 Å². The highest BCUT2D eigenvalue weighted by Gasteiger charge is 2.32. The summed E-state index contributed by atoms with van der Waals surface area (Å²) in [5.41, 5.74) is 0.931. The lowest BCUT2D eigenvalue weighted by atomic mass is 9.92. The van der Waals surface area contributed by atoms with Crippen LogP contribution in [0.1, 0.15) is 98.8 Å². The molecule has 0 saturated carbocycles. The molecule has 4 nitrogen and oxygen atoms in total. The molecule has 158 valence electrons. The summed E-state index contributed by atoms with van der Waals surface area (Å²) in [7, 11) is 0. The fourth-order valence-corrected chi connectivity index (χ4v) is 4.63. The van der Waals surface area contributed by atoms with Gasteiger partial charge in [-0.25, -0.2) is 0 Å². The predicted octanol–water partition coefficient (Wildman–Crippen LogP) is 6.07. The maximum atomic E-state index is 12.9. The van der Waals surface area contributed by atoms with Crippen LogP contribution in [0.3, 0.4) is 0 Å². The number of benzene rings is 1. The Hall–Kier alpha value is -1.88. The predicted molar refractivity (Wildman–Crippen MR) is 120 cm³/mol. The van der Waals surface area contributed by atoms with E-state index in [0.717, 1.165) is 18.6 Å². The molecule has 5 heteroatoms. The maximum absolute atomic E-state index is 12.9. The van der Waals surface area contributed by atoms with Gasteiger partial charge in [0.05, 0.1) is 4.91 Å². The van der Waals surface area contributed by atoms with E-state index in [1.165, 1.54) is 70.1 Å². The number of rotatable bonds is 13. The van der Waals surface area contributed by atoms with Crippen molar-refractivity contribution in [1.82, 2.24) is 5.32 Å². The van der Waals surface area contributed by atoms with E-state index in [-0.39, 0.29) is 23.2 Å². The molecule has 1 N–H and O–H groups in total. The van der Waals surface area contributed by atoms with E-state index < -0.39 is 0 Å². The summed E-state index contributed by atoms with van der Waals surface area (Å²) in [6.07, 6.45) is 12.6. The molecule has 0 unspecified atom stereocenters. The summed E-state index contributed by atoms with van der Waals surface area (Å²) >= 11 is 1.39. The molecule has 1 aromatic rings. The minimum Gasteiger partial charge on any atom is -0.322 e. The molecule has 0 spiro atoms. The second kappa shape index (κ2) is 12.6. The minimum atomic E-state index is -0.336. The molecule has 0 saturated heterocycles. The Kier molecular flexibility index (Phi) is 10.2. The lowest BCUT2D eigenvalue weighted by Crippen LogP contribution is -2.32. The molecule has 0 atom stereocenters. The van der Waals surface area contributed by atoms with E-state index in [4.69, 9.17) is 0 Å². The average Bonchev–Trinajstić information content (AvgIpc) is 2.71. The number of nitrogens with one attached hydrogen (secondary N) is 1. The van der Waals surface area contributed by atoms with Crippen molar-refractivity contribution in [2.45, 2.75) is 78.1 Å². The standard InChI is InChI=1S/C24H33NO3S/c1-3-4-5-6-7-8-9-10-11-14-17-29-24-21(25-18(2)26)22(27)19-15-12-13-16-20(19)23(24)28/h12-13,15-16H,3-11,14,17H2,1-2H3,(H,25,26). The number of Topliss-reactive ketones (excluding diaryl/α,β-unsaturated/α-hetero) is 2. The number of carbonyl (C=O) groups is 3. The van der Waals surface area contributed by atoms with Gasteiger partial charge in [-0.1, -0.05) is 89.0 Å². The molecule has 1 amide bonds. The smallest absolute Gasteiger partial charge is 0.221 e. The Bertz CT molecular complexity index is 754. The summed E-state index contributed by atoms with van der Waals surface area (Å²) in [6, 6.07) is 6.82. The van der Waals surface area contributed by atoms with Crippen LogP contribution < -0.4 is 5.32 Å². The Morgan fingerprint density at radius 3 is 1.90 bits per heavy atom. The van der Waals surface area contributed by atoms with E-state index in [1.54, 1.807) is 24.3 Å². The van der Waals surface area contributed by atoms with Crippen molar-refractivity contribution in [3.63, 3.8) is 0 Å². The second-order valence-corrected chi connectivity index (χ2v) is 8.72. The van der Waals surface area contributed by atoms with Gasteiger partial charge in [-0.3, -0.25) is 14.4 Å². The molecule has 29 heavy (non-hydrogen) atoms. The Morgan fingerprint density at radius 2 is 1.34 bits per heavy atom. The molecule has 0 aromatic heterocycles. The fourth-order valence-electron chi connectivity index (χ4n) is 3.54. The highest BCUT2D eigenvalue weighted by molar-refractivity contribution is 8.04. The summed E-state index contributed by atoms with van der Waals surface area (Å²) in [6.45, 7) is 3.60. The molecule has 0 heterocycles. The van der Waals surface area contributed by atoms with Gasteiger partial charge in [0, 0.05) is 18.1 Å². The van der Waals surface area contributed by atoms with Crippen molar-refractivity contribution >= 4 is 29.2 Å². The summed E-state index contributed by atoms with van der Waals surface area (Å²) < 4.78 is 0. The number of fused-ring (bicyclic) bond motifs is 1. The van der Waals surface area contributed by atoms with Crippen LogP contribution >= 0.6 is 11.8 Å². The number of thioether (sulfide) groups is 1. The van der Waals surface area contributed by atoms with Crippen LogP contribution in [0.5, 0.6) is 0 Å². The molecule has 0 radical (unpaired) electrons. The van der Waals surface area contributed by atoms with Crippen LogP contribution in [-0.2, 0) is 4.79 Å². The van der Waals surface area contributed by atoms with E-state index in [1.807, 2.05) is 0 Å². The summed E-state index contributed by atoms with van der Waals surface area (Å²) in [5.74, 6) is -0.00426. The molecule has 1 aliphatic carbocycles. The molecular formula is C24H33NO3S. The van der Waals surface area contributed by atoms with Crippen LogP contribution in [0, 0.1) is 0 Å². The Balaban J connectivity index is 1.82. The third-order valence-electron chi connectivity index (χ3n) is 5.12. The number of amides is 1. The lowest BCUT2D eigenvalue weighted by molar-refractivity contribution is -0.118. The van der Waals surface area contributed by atoms with Crippen molar-refractivity contribution in [3.05, 3.63) is 46.0 Å². The zero-order valence-electron chi connectivity index (χ0n) is 17.7. The number of hydrogen-bond donors (Lipinski definition) is 1. The Morgan fingerprint density at radius 1 is 0.828 bits per heavy atom. The first-order chi connectivity index (χ1) is 14.1. The van der Waals surface area contributed by atoms with E-state index in [0.29, 0.717) is 16.0 Å². The van der Waals surface area contributed by atoms with Crippen LogP contribution in [0.4, 0.5) is 0 Å². The van der Waals surface area contributed by atoms with Gasteiger partial charge < -0.3 is 5.32 Å². The quantitative estimate of drug-likeness (QED) is 0.397. The van der Waals surface area contributed by atoms with Gasteiger partial charge >= 0.3 is 0 Å². The third-order valence-corrected chi connectivity index (χ3v) is 6.29. The first kappa shape index (κ1) is 23.4. The summed E-state index contributed by atoms with van der Waals surface area (Å²) in [5, 5.41) is 2.59. The molecule has 0 fully saturated rings. The highest BCUT2D eigenvalue weighted by atomic mass is 32.2. The number of hydrogen-bond acceptors (Lipinski definition) is 4. The van der Waals surface area contributed by atoms with Crippen molar-refractivity contribution in [1.29, 1.82) is 0 Å². The molecule has 1 aliphatic rings. The van der Waals surface area contributed by atoms with Gasteiger partial charge in [-0.2, -0.15) is 0 Å². The number of carbonyl (C=O) groups excluding carboxylic acids is 3. The largest absolute Gasteiger partial charge is 0.322 e. The monoisotopic (exact) mass is 415 g/mol. The number of allylic oxidation sites excluding steroid dienone is 2. The van der Waals surface area contributed by atoms with E-state index >= 15 is 0 Å². The number of unbranched alkanes of at least 4 members (excludes halogenated alkanes) is 9. The van der Waals surface area contributed by atoms with Crippen LogP contribution in [-0.4, -0.2) is 23.2 Å². The second-order valence-electron chi connectivity index (χ2n) is 7.62. The third kappa shape index (κ3) is 7.14. The lowest BCUT2D eigenvalue weighted by Gasteiger charge is -2.20. The normalized spacial score (nSPS) is 13.6. The van der Waals surface area contributed by atoms with Gasteiger partial charge in [-0.05, 0) is 12.2 Å². The minimum absolute atomic E-state index is 0.137. The zero-order valence-corrected chi connectivity index (χ0v) is 18.5. The van der Waals surface area contributed by atoms with Gasteiger partial charge in [0.25, 0.3) is 0 Å². The molecule has 2 rings (SSSR count). The average molecular weight is 416 g/mol. The van der Waals surface area contributed by atoms with Gasteiger partial charge in [0.15, 0.2) is 0 Å². The maximum Gasteiger partial charge on any atom is 0.221 e. The SMILES string of the molecule is CCCCCCCCCCCCSC1=C(NC(C)=O)C(=O)c2ccccc2C1=O.